The standard InChI is InChI=1S/C16H16ClNO3/c1-2-9-21-13-6-4-12(5-7-13)18-16(20)14-8-3-11(17)10-15(14)19/h3-8,10,19H,2,9H2,1H3,(H,18,20). The predicted octanol–water partition coefficient (Wildman–Crippen LogP) is 4.09. The number of halogens is 1. The maximum atomic E-state index is 12.1. The summed E-state index contributed by atoms with van der Waals surface area (Å²) in [6.07, 6.45) is 0.939. The van der Waals surface area contributed by atoms with Gasteiger partial charge in [-0.1, -0.05) is 18.5 Å². The van der Waals surface area contributed by atoms with E-state index in [2.05, 4.69) is 5.32 Å². The maximum absolute atomic E-state index is 12.1. The van der Waals surface area contributed by atoms with Crippen molar-refractivity contribution in [3.05, 3.63) is 53.1 Å². The predicted molar refractivity (Wildman–Crippen MR) is 83.3 cm³/mol. The first-order valence-corrected chi connectivity index (χ1v) is 7.00. The van der Waals surface area contributed by atoms with Crippen LogP contribution >= 0.6 is 11.6 Å². The van der Waals surface area contributed by atoms with Gasteiger partial charge in [0.2, 0.25) is 0 Å². The molecular weight excluding hydrogens is 290 g/mol. The number of hydrogen-bond donors (Lipinski definition) is 2. The van der Waals surface area contributed by atoms with Crippen LogP contribution in [0.1, 0.15) is 23.7 Å². The fraction of sp³-hybridized carbons (Fsp3) is 0.188. The summed E-state index contributed by atoms with van der Waals surface area (Å²) in [6, 6.07) is 11.4. The lowest BCUT2D eigenvalue weighted by molar-refractivity contribution is 0.102. The number of hydrogen-bond acceptors (Lipinski definition) is 3. The maximum Gasteiger partial charge on any atom is 0.259 e. The van der Waals surface area contributed by atoms with Gasteiger partial charge in [0.05, 0.1) is 12.2 Å². The van der Waals surface area contributed by atoms with Crippen LogP contribution < -0.4 is 10.1 Å². The Morgan fingerprint density at radius 1 is 1.24 bits per heavy atom. The highest BCUT2D eigenvalue weighted by Crippen LogP contribution is 2.23. The van der Waals surface area contributed by atoms with Crippen molar-refractivity contribution in [1.29, 1.82) is 0 Å². The fourth-order valence-electron chi connectivity index (χ4n) is 1.75. The molecule has 0 fully saturated rings. The second-order valence-electron chi connectivity index (χ2n) is 4.49. The minimum atomic E-state index is -0.397. The Balaban J connectivity index is 2.05. The van der Waals surface area contributed by atoms with Crippen LogP contribution in [-0.2, 0) is 0 Å². The highest BCUT2D eigenvalue weighted by atomic mass is 35.5. The fourth-order valence-corrected chi connectivity index (χ4v) is 1.92. The minimum absolute atomic E-state index is 0.150. The molecule has 21 heavy (non-hydrogen) atoms. The Morgan fingerprint density at radius 2 is 1.95 bits per heavy atom. The summed E-state index contributed by atoms with van der Waals surface area (Å²) >= 11 is 5.74. The number of phenols is 1. The molecule has 2 rings (SSSR count). The molecule has 2 aromatic rings. The Hall–Kier alpha value is -2.20. The number of phenolic OH excluding ortho intramolecular Hbond substituents is 1. The first-order chi connectivity index (χ1) is 10.1. The van der Waals surface area contributed by atoms with Crippen molar-refractivity contribution in [1.82, 2.24) is 0 Å². The molecule has 0 aliphatic rings. The first-order valence-electron chi connectivity index (χ1n) is 6.63. The molecule has 2 N–H and O–H groups in total. The zero-order chi connectivity index (χ0) is 15.2. The van der Waals surface area contributed by atoms with Gasteiger partial charge in [-0.2, -0.15) is 0 Å². The molecule has 0 saturated heterocycles. The zero-order valence-electron chi connectivity index (χ0n) is 11.6. The molecule has 110 valence electrons. The third-order valence-corrected chi connectivity index (χ3v) is 3.02. The number of nitrogens with one attached hydrogen (secondary N) is 1. The van der Waals surface area contributed by atoms with Gasteiger partial charge < -0.3 is 15.2 Å². The van der Waals surface area contributed by atoms with E-state index in [4.69, 9.17) is 16.3 Å². The topological polar surface area (TPSA) is 58.6 Å². The summed E-state index contributed by atoms with van der Waals surface area (Å²) < 4.78 is 5.46. The summed E-state index contributed by atoms with van der Waals surface area (Å²) in [6.45, 7) is 2.69. The van der Waals surface area contributed by atoms with E-state index >= 15 is 0 Å². The van der Waals surface area contributed by atoms with Crippen LogP contribution in [0.15, 0.2) is 42.5 Å². The smallest absolute Gasteiger partial charge is 0.259 e. The van der Waals surface area contributed by atoms with Gasteiger partial charge >= 0.3 is 0 Å². The van der Waals surface area contributed by atoms with Gasteiger partial charge in [-0.05, 0) is 48.9 Å². The molecule has 1 amide bonds. The number of carbonyl (C=O) groups is 1. The SMILES string of the molecule is CCCOc1ccc(NC(=O)c2ccc(Cl)cc2O)cc1. The lowest BCUT2D eigenvalue weighted by Gasteiger charge is -2.08. The Bertz CT molecular complexity index is 626. The van der Waals surface area contributed by atoms with Crippen molar-refractivity contribution >= 4 is 23.2 Å². The van der Waals surface area contributed by atoms with Crippen LogP contribution in [0, 0.1) is 0 Å². The summed E-state index contributed by atoms with van der Waals surface area (Å²) in [7, 11) is 0. The molecule has 0 atom stereocenters. The summed E-state index contributed by atoms with van der Waals surface area (Å²) in [4.78, 5) is 12.1. The largest absolute Gasteiger partial charge is 0.507 e. The highest BCUT2D eigenvalue weighted by Gasteiger charge is 2.11. The number of aromatic hydroxyl groups is 1. The van der Waals surface area contributed by atoms with Crippen LogP contribution in [0.2, 0.25) is 5.02 Å². The van der Waals surface area contributed by atoms with Gasteiger partial charge in [-0.25, -0.2) is 0 Å². The van der Waals surface area contributed by atoms with Crippen molar-refractivity contribution in [3.63, 3.8) is 0 Å². The molecule has 4 nitrogen and oxygen atoms in total. The molecule has 0 aromatic heterocycles. The van der Waals surface area contributed by atoms with Crippen LogP contribution in [0.25, 0.3) is 0 Å². The number of rotatable bonds is 5. The van der Waals surface area contributed by atoms with Crippen molar-refractivity contribution in [2.75, 3.05) is 11.9 Å². The molecule has 5 heteroatoms. The highest BCUT2D eigenvalue weighted by molar-refractivity contribution is 6.30. The van der Waals surface area contributed by atoms with E-state index in [9.17, 15) is 9.90 Å². The number of anilines is 1. The Kier molecular flexibility index (Phi) is 5.06. The van der Waals surface area contributed by atoms with Crippen molar-refractivity contribution < 1.29 is 14.6 Å². The average molecular weight is 306 g/mol. The van der Waals surface area contributed by atoms with Gasteiger partial charge in [0.25, 0.3) is 5.91 Å². The van der Waals surface area contributed by atoms with Crippen LogP contribution in [0.3, 0.4) is 0 Å². The van der Waals surface area contributed by atoms with E-state index in [0.29, 0.717) is 17.3 Å². The number of benzene rings is 2. The second-order valence-corrected chi connectivity index (χ2v) is 4.92. The van der Waals surface area contributed by atoms with Crippen molar-refractivity contribution in [2.45, 2.75) is 13.3 Å². The van der Waals surface area contributed by atoms with Gasteiger partial charge in [0, 0.05) is 10.7 Å². The summed E-state index contributed by atoms with van der Waals surface area (Å²) in [5.41, 5.74) is 0.795. The summed E-state index contributed by atoms with van der Waals surface area (Å²) in [5.74, 6) is 0.207. The average Bonchev–Trinajstić information content (AvgIpc) is 2.46. The molecule has 0 unspecified atom stereocenters. The molecule has 0 heterocycles. The molecule has 0 spiro atoms. The third-order valence-electron chi connectivity index (χ3n) is 2.79. The molecule has 2 aromatic carbocycles. The number of carbonyl (C=O) groups excluding carboxylic acids is 1. The van der Waals surface area contributed by atoms with E-state index in [-0.39, 0.29) is 11.3 Å². The third kappa shape index (κ3) is 4.13. The van der Waals surface area contributed by atoms with Gasteiger partial charge in [0.1, 0.15) is 11.5 Å². The molecular formula is C16H16ClNO3. The molecule has 0 bridgehead atoms. The van der Waals surface area contributed by atoms with Gasteiger partial charge in [0.15, 0.2) is 0 Å². The monoisotopic (exact) mass is 305 g/mol. The van der Waals surface area contributed by atoms with Crippen LogP contribution in [0.5, 0.6) is 11.5 Å². The molecule has 0 saturated carbocycles. The number of amides is 1. The quantitative estimate of drug-likeness (QED) is 0.875. The normalized spacial score (nSPS) is 10.2. The Morgan fingerprint density at radius 3 is 2.57 bits per heavy atom. The zero-order valence-corrected chi connectivity index (χ0v) is 12.4. The van der Waals surface area contributed by atoms with E-state index in [1.807, 2.05) is 6.92 Å². The number of ether oxygens (including phenoxy) is 1. The first kappa shape index (κ1) is 15.2. The van der Waals surface area contributed by atoms with Gasteiger partial charge in [-0.3, -0.25) is 4.79 Å². The molecule has 0 aliphatic heterocycles. The molecule has 0 aliphatic carbocycles. The van der Waals surface area contributed by atoms with E-state index in [0.717, 1.165) is 12.2 Å². The van der Waals surface area contributed by atoms with E-state index in [1.165, 1.54) is 12.1 Å². The van der Waals surface area contributed by atoms with Crippen LogP contribution in [-0.4, -0.2) is 17.6 Å². The van der Waals surface area contributed by atoms with E-state index in [1.54, 1.807) is 30.3 Å². The second kappa shape index (κ2) is 6.99. The van der Waals surface area contributed by atoms with Gasteiger partial charge in [-0.15, -0.1) is 0 Å². The Labute approximate surface area is 128 Å². The lowest BCUT2D eigenvalue weighted by Crippen LogP contribution is -2.12. The van der Waals surface area contributed by atoms with E-state index < -0.39 is 5.91 Å². The lowest BCUT2D eigenvalue weighted by atomic mass is 10.2. The van der Waals surface area contributed by atoms with Crippen LogP contribution in [0.4, 0.5) is 5.69 Å². The van der Waals surface area contributed by atoms with Crippen molar-refractivity contribution in [2.24, 2.45) is 0 Å². The minimum Gasteiger partial charge on any atom is -0.507 e. The molecule has 0 radical (unpaired) electrons. The van der Waals surface area contributed by atoms with Crippen molar-refractivity contribution in [3.8, 4) is 11.5 Å². The summed E-state index contributed by atoms with van der Waals surface area (Å²) in [5, 5.41) is 12.8.